The Bertz CT molecular complexity index is 1100. The lowest BCUT2D eigenvalue weighted by Crippen LogP contribution is -2.49. The van der Waals surface area contributed by atoms with Crippen molar-refractivity contribution in [3.8, 4) is 0 Å². The first-order chi connectivity index (χ1) is 16.2. The van der Waals surface area contributed by atoms with E-state index in [2.05, 4.69) is 5.32 Å². The molecule has 2 N–H and O–H groups in total. The number of carbonyl (C=O) groups is 2. The summed E-state index contributed by atoms with van der Waals surface area (Å²) >= 11 is 0. The summed E-state index contributed by atoms with van der Waals surface area (Å²) in [6, 6.07) is 14.7. The minimum atomic E-state index is -1.63. The second kappa shape index (κ2) is 10.5. The fourth-order valence-corrected chi connectivity index (χ4v) is 4.36. The lowest BCUT2D eigenvalue weighted by atomic mass is 9.65. The third-order valence-electron chi connectivity index (χ3n) is 5.72. The summed E-state index contributed by atoms with van der Waals surface area (Å²) in [5, 5.41) is 26.1. The maximum atomic E-state index is 13.3. The van der Waals surface area contributed by atoms with E-state index in [0.717, 1.165) is 0 Å². The Morgan fingerprint density at radius 1 is 1.12 bits per heavy atom. The molecule has 1 aliphatic rings. The normalized spacial score (nSPS) is 22.1. The zero-order chi connectivity index (χ0) is 24.9. The molecule has 0 spiro atoms. The Morgan fingerprint density at radius 2 is 1.79 bits per heavy atom. The number of benzene rings is 2. The van der Waals surface area contributed by atoms with Gasteiger partial charge in [-0.25, -0.2) is 4.79 Å². The van der Waals surface area contributed by atoms with Crippen LogP contribution >= 0.6 is 0 Å². The van der Waals surface area contributed by atoms with E-state index in [1.165, 1.54) is 25.1 Å². The molecule has 0 amide bonds. The molecule has 0 unspecified atom stereocenters. The number of hydrogen-bond donors (Lipinski definition) is 2. The highest BCUT2D eigenvalue weighted by Crippen LogP contribution is 2.48. The van der Waals surface area contributed by atoms with Gasteiger partial charge in [-0.05, 0) is 38.5 Å². The molecule has 0 bridgehead atoms. The smallest absolute Gasteiger partial charge is 0.336 e. The topological polar surface area (TPSA) is 128 Å². The van der Waals surface area contributed by atoms with Gasteiger partial charge in [0.15, 0.2) is 0 Å². The van der Waals surface area contributed by atoms with Gasteiger partial charge in [-0.15, -0.1) is 0 Å². The maximum Gasteiger partial charge on any atom is 0.336 e. The van der Waals surface area contributed by atoms with Gasteiger partial charge in [-0.2, -0.15) is 0 Å². The van der Waals surface area contributed by atoms with E-state index >= 15 is 0 Å². The number of nitrogens with one attached hydrogen (secondary N) is 1. The number of hydrogen-bond acceptors (Lipinski definition) is 8. The number of nitro benzene ring substituents is 1. The molecule has 1 aliphatic carbocycles. The number of esters is 2. The summed E-state index contributed by atoms with van der Waals surface area (Å²) in [5.74, 6) is -3.63. The molecule has 9 nitrogen and oxygen atoms in total. The van der Waals surface area contributed by atoms with Crippen LogP contribution in [0.3, 0.4) is 0 Å². The molecular formula is C25H28N2O7. The molecule has 2 aromatic rings. The summed E-state index contributed by atoms with van der Waals surface area (Å²) in [4.78, 5) is 37.2. The van der Waals surface area contributed by atoms with E-state index in [-0.39, 0.29) is 30.9 Å². The molecule has 0 radical (unpaired) electrons. The number of nitrogens with zero attached hydrogens (tertiary/aromatic N) is 1. The van der Waals surface area contributed by atoms with Crippen molar-refractivity contribution < 1.29 is 29.1 Å². The van der Waals surface area contributed by atoms with E-state index in [1.54, 1.807) is 32.0 Å². The molecule has 0 saturated carbocycles. The maximum absolute atomic E-state index is 13.3. The van der Waals surface area contributed by atoms with Gasteiger partial charge in [0.05, 0.1) is 35.2 Å². The second-order valence-corrected chi connectivity index (χ2v) is 8.20. The van der Waals surface area contributed by atoms with Crippen molar-refractivity contribution in [2.24, 2.45) is 5.92 Å². The number of non-ortho nitro benzene ring substituents is 1. The summed E-state index contributed by atoms with van der Waals surface area (Å²) in [7, 11) is 0. The minimum absolute atomic E-state index is 0.0645. The van der Waals surface area contributed by atoms with Crippen molar-refractivity contribution in [2.75, 3.05) is 18.5 Å². The molecule has 34 heavy (non-hydrogen) atoms. The highest BCUT2D eigenvalue weighted by atomic mass is 16.6. The lowest BCUT2D eigenvalue weighted by Gasteiger charge is -2.43. The number of anilines is 1. The van der Waals surface area contributed by atoms with Crippen LogP contribution < -0.4 is 5.32 Å². The average molecular weight is 469 g/mol. The molecule has 2 aromatic carbocycles. The van der Waals surface area contributed by atoms with E-state index in [1.807, 2.05) is 18.2 Å². The molecule has 3 atom stereocenters. The molecule has 180 valence electrons. The van der Waals surface area contributed by atoms with Gasteiger partial charge >= 0.3 is 11.9 Å². The van der Waals surface area contributed by atoms with Crippen LogP contribution in [0.2, 0.25) is 0 Å². The number of ether oxygens (including phenoxy) is 2. The van der Waals surface area contributed by atoms with Crippen LogP contribution in [0.25, 0.3) is 0 Å². The van der Waals surface area contributed by atoms with Gasteiger partial charge in [-0.3, -0.25) is 14.9 Å². The lowest BCUT2D eigenvalue weighted by molar-refractivity contribution is -0.384. The van der Waals surface area contributed by atoms with Crippen LogP contribution in [0.4, 0.5) is 11.4 Å². The van der Waals surface area contributed by atoms with Crippen LogP contribution in [0.1, 0.15) is 38.7 Å². The first kappa shape index (κ1) is 24.9. The Balaban J connectivity index is 2.28. The fraction of sp³-hybridized carbons (Fsp3) is 0.360. The fourth-order valence-electron chi connectivity index (χ4n) is 4.36. The van der Waals surface area contributed by atoms with E-state index in [9.17, 15) is 24.8 Å². The molecule has 0 aliphatic heterocycles. The number of carbonyl (C=O) groups excluding carboxylic acids is 2. The zero-order valence-electron chi connectivity index (χ0n) is 19.3. The molecule has 0 aromatic heterocycles. The van der Waals surface area contributed by atoms with Crippen LogP contribution in [0.15, 0.2) is 65.9 Å². The first-order valence-corrected chi connectivity index (χ1v) is 11.0. The molecule has 9 heteroatoms. The molecule has 0 heterocycles. The summed E-state index contributed by atoms with van der Waals surface area (Å²) < 4.78 is 10.6. The average Bonchev–Trinajstić information content (AvgIpc) is 2.79. The Labute approximate surface area is 197 Å². The van der Waals surface area contributed by atoms with Crippen molar-refractivity contribution in [1.29, 1.82) is 0 Å². The predicted octanol–water partition coefficient (Wildman–Crippen LogP) is 3.94. The minimum Gasteiger partial charge on any atom is -0.466 e. The highest BCUT2D eigenvalue weighted by molar-refractivity contribution is 5.94. The predicted molar refractivity (Wildman–Crippen MR) is 125 cm³/mol. The summed E-state index contributed by atoms with van der Waals surface area (Å²) in [5.41, 5.74) is -0.354. The number of nitro groups is 1. The van der Waals surface area contributed by atoms with Crippen molar-refractivity contribution in [3.63, 3.8) is 0 Å². The van der Waals surface area contributed by atoms with Crippen molar-refractivity contribution in [1.82, 2.24) is 0 Å². The van der Waals surface area contributed by atoms with Crippen molar-refractivity contribution in [2.45, 2.75) is 38.7 Å². The van der Waals surface area contributed by atoms with Gasteiger partial charge in [-0.1, -0.05) is 30.3 Å². The quantitative estimate of drug-likeness (QED) is 0.339. The van der Waals surface area contributed by atoms with Gasteiger partial charge in [0, 0.05) is 35.9 Å². The third kappa shape index (κ3) is 5.26. The van der Waals surface area contributed by atoms with Crippen LogP contribution in [0.5, 0.6) is 0 Å². The largest absolute Gasteiger partial charge is 0.466 e. The Kier molecular flexibility index (Phi) is 7.68. The number of para-hydroxylation sites is 1. The zero-order valence-corrected chi connectivity index (χ0v) is 19.3. The first-order valence-electron chi connectivity index (χ1n) is 11.0. The molecule has 0 saturated heterocycles. The van der Waals surface area contributed by atoms with Gasteiger partial charge in [0.25, 0.3) is 5.69 Å². The highest BCUT2D eigenvalue weighted by Gasteiger charge is 2.52. The van der Waals surface area contributed by atoms with Crippen molar-refractivity contribution in [3.05, 3.63) is 81.5 Å². The van der Waals surface area contributed by atoms with Crippen LogP contribution in [0, 0.1) is 16.0 Å². The summed E-state index contributed by atoms with van der Waals surface area (Å²) in [6.07, 6.45) is -0.0645. The number of rotatable bonds is 8. The number of aliphatic hydroxyl groups is 1. The van der Waals surface area contributed by atoms with Gasteiger partial charge in [0.2, 0.25) is 0 Å². The molecule has 3 rings (SSSR count). The Hall–Kier alpha value is -3.72. The van der Waals surface area contributed by atoms with E-state index in [4.69, 9.17) is 9.47 Å². The van der Waals surface area contributed by atoms with E-state index in [0.29, 0.717) is 16.9 Å². The monoisotopic (exact) mass is 468 g/mol. The standard InChI is InChI=1S/C25H28N2O7/c1-4-33-23(28)21-19(26-17-11-7-6-8-12-17)15-25(3,30)22(24(29)34-5-2)20(21)16-10-9-13-18(14-16)27(31)32/h6-14,20,22,26,30H,4-5,15H2,1-3H3/t20-,22+,25+/m1/s1. The third-order valence-corrected chi connectivity index (χ3v) is 5.72. The molecule has 0 fully saturated rings. The SMILES string of the molecule is CCOC(=O)C1=C(Nc2ccccc2)C[C@](C)(O)[C@H](C(=O)OCC)[C@@H]1c1cccc([N+](=O)[O-])c1. The Morgan fingerprint density at radius 3 is 2.41 bits per heavy atom. The van der Waals surface area contributed by atoms with Crippen LogP contribution in [-0.4, -0.2) is 40.8 Å². The van der Waals surface area contributed by atoms with Crippen LogP contribution in [-0.2, 0) is 19.1 Å². The summed E-state index contributed by atoms with van der Waals surface area (Å²) in [6.45, 7) is 4.95. The second-order valence-electron chi connectivity index (χ2n) is 8.20. The van der Waals surface area contributed by atoms with Gasteiger partial charge in [0.1, 0.15) is 0 Å². The van der Waals surface area contributed by atoms with Gasteiger partial charge < -0.3 is 19.9 Å². The molecular weight excluding hydrogens is 440 g/mol. The van der Waals surface area contributed by atoms with Crippen molar-refractivity contribution >= 4 is 23.3 Å². The van der Waals surface area contributed by atoms with E-state index < -0.39 is 34.3 Å².